The fraction of sp³-hybridized carbons (Fsp3) is 0.533. The summed E-state index contributed by atoms with van der Waals surface area (Å²) in [5.74, 6) is 0.415. The van der Waals surface area contributed by atoms with E-state index in [9.17, 15) is 4.79 Å². The first-order chi connectivity index (χ1) is 9.61. The van der Waals surface area contributed by atoms with Crippen LogP contribution in [0.5, 0.6) is 0 Å². The zero-order valence-electron chi connectivity index (χ0n) is 11.4. The summed E-state index contributed by atoms with van der Waals surface area (Å²) in [6.07, 6.45) is 6.09. The fourth-order valence-electron chi connectivity index (χ4n) is 2.83. The van der Waals surface area contributed by atoms with E-state index in [1.54, 1.807) is 18.2 Å². The van der Waals surface area contributed by atoms with Gasteiger partial charge in [-0.05, 0) is 52.9 Å². The number of benzene rings is 1. The summed E-state index contributed by atoms with van der Waals surface area (Å²) in [5, 5.41) is 3.68. The first kappa shape index (κ1) is 15.8. The van der Waals surface area contributed by atoms with E-state index in [1.807, 2.05) is 0 Å². The lowest BCUT2D eigenvalue weighted by Gasteiger charge is -2.30. The van der Waals surface area contributed by atoms with Crippen molar-refractivity contribution in [3.05, 3.63) is 33.3 Å². The molecule has 5 heteroatoms. The Hall–Kier alpha value is -0.580. The normalized spacial score (nSPS) is 17.8. The highest BCUT2D eigenvalue weighted by atomic mass is 79.9. The summed E-state index contributed by atoms with van der Waals surface area (Å²) in [7, 11) is 0. The van der Waals surface area contributed by atoms with Gasteiger partial charge in [-0.2, -0.15) is 0 Å². The molecule has 1 amide bonds. The van der Waals surface area contributed by atoms with Crippen LogP contribution in [0.1, 0.15) is 42.5 Å². The predicted molar refractivity (Wildman–Crippen MR) is 86.0 cm³/mol. The van der Waals surface area contributed by atoms with E-state index in [0.717, 1.165) is 12.8 Å². The number of amides is 1. The van der Waals surface area contributed by atoms with Crippen molar-refractivity contribution in [2.45, 2.75) is 38.1 Å². The maximum Gasteiger partial charge on any atom is 0.252 e. The Kier molecular flexibility index (Phi) is 5.87. The Bertz CT molecular complexity index is 475. The molecule has 0 aromatic heterocycles. The molecule has 1 aromatic rings. The van der Waals surface area contributed by atoms with Crippen LogP contribution in [0.2, 0.25) is 5.02 Å². The molecule has 3 N–H and O–H groups in total. The van der Waals surface area contributed by atoms with Gasteiger partial charge in [-0.1, -0.05) is 30.9 Å². The lowest BCUT2D eigenvalue weighted by molar-refractivity contribution is 0.0915. The van der Waals surface area contributed by atoms with Crippen molar-refractivity contribution in [2.75, 3.05) is 6.54 Å². The van der Waals surface area contributed by atoms with E-state index in [-0.39, 0.29) is 11.9 Å². The van der Waals surface area contributed by atoms with Crippen LogP contribution >= 0.6 is 27.5 Å². The average Bonchev–Trinajstić information content (AvgIpc) is 2.45. The molecular formula is C15H20BrClN2O. The van der Waals surface area contributed by atoms with E-state index in [0.29, 0.717) is 27.5 Å². The van der Waals surface area contributed by atoms with E-state index >= 15 is 0 Å². The van der Waals surface area contributed by atoms with Gasteiger partial charge in [0.25, 0.3) is 5.91 Å². The highest BCUT2D eigenvalue weighted by Crippen LogP contribution is 2.27. The highest BCUT2D eigenvalue weighted by molar-refractivity contribution is 9.10. The first-order valence-electron chi connectivity index (χ1n) is 7.08. The predicted octanol–water partition coefficient (Wildman–Crippen LogP) is 3.74. The molecule has 1 unspecified atom stereocenters. The zero-order chi connectivity index (χ0) is 14.5. The second-order valence-electron chi connectivity index (χ2n) is 5.34. The van der Waals surface area contributed by atoms with Crippen LogP contribution < -0.4 is 11.1 Å². The number of nitrogens with two attached hydrogens (primary N) is 1. The summed E-state index contributed by atoms with van der Waals surface area (Å²) >= 11 is 9.27. The second kappa shape index (κ2) is 7.43. The van der Waals surface area contributed by atoms with Gasteiger partial charge in [-0.25, -0.2) is 0 Å². The quantitative estimate of drug-likeness (QED) is 0.860. The summed E-state index contributed by atoms with van der Waals surface area (Å²) < 4.78 is 0.710. The fourth-order valence-corrected chi connectivity index (χ4v) is 3.69. The smallest absolute Gasteiger partial charge is 0.252 e. The van der Waals surface area contributed by atoms with E-state index in [4.69, 9.17) is 17.3 Å². The molecule has 1 atom stereocenters. The van der Waals surface area contributed by atoms with Gasteiger partial charge in [0.2, 0.25) is 0 Å². The number of carbonyl (C=O) groups excluding carboxylic acids is 1. The Morgan fingerprint density at radius 3 is 2.70 bits per heavy atom. The number of carbonyl (C=O) groups is 1. The third-order valence-corrected chi connectivity index (χ3v) is 4.86. The molecule has 0 bridgehead atoms. The highest BCUT2D eigenvalue weighted by Gasteiger charge is 2.24. The molecule has 110 valence electrons. The van der Waals surface area contributed by atoms with E-state index in [2.05, 4.69) is 21.2 Å². The zero-order valence-corrected chi connectivity index (χ0v) is 13.7. The minimum absolute atomic E-state index is 0.0605. The molecule has 0 saturated heterocycles. The van der Waals surface area contributed by atoms with Crippen molar-refractivity contribution in [1.82, 2.24) is 5.32 Å². The van der Waals surface area contributed by atoms with Crippen molar-refractivity contribution in [1.29, 1.82) is 0 Å². The van der Waals surface area contributed by atoms with Gasteiger partial charge < -0.3 is 11.1 Å². The standard InChI is InChI=1S/C15H20BrClN2O/c16-13-8-11(17)6-7-12(13)15(20)19-14(9-18)10-4-2-1-3-5-10/h6-8,10,14H,1-5,9,18H2,(H,19,20). The SMILES string of the molecule is NCC(NC(=O)c1ccc(Cl)cc1Br)C1CCCCC1. The number of hydrogen-bond donors (Lipinski definition) is 2. The number of halogens is 2. The molecule has 1 fully saturated rings. The van der Waals surface area contributed by atoms with Gasteiger partial charge in [0.1, 0.15) is 0 Å². The summed E-state index contributed by atoms with van der Waals surface area (Å²) in [5.41, 5.74) is 6.45. The maximum absolute atomic E-state index is 12.3. The van der Waals surface area contributed by atoms with Crippen molar-refractivity contribution in [3.63, 3.8) is 0 Å². The molecule has 3 nitrogen and oxygen atoms in total. The third-order valence-electron chi connectivity index (χ3n) is 3.97. The van der Waals surface area contributed by atoms with Gasteiger partial charge in [-0.15, -0.1) is 0 Å². The van der Waals surface area contributed by atoms with Gasteiger partial charge >= 0.3 is 0 Å². The van der Waals surface area contributed by atoms with Crippen molar-refractivity contribution in [3.8, 4) is 0 Å². The van der Waals surface area contributed by atoms with E-state index in [1.165, 1.54) is 19.3 Å². The van der Waals surface area contributed by atoms with Gasteiger partial charge in [0.15, 0.2) is 0 Å². The van der Waals surface area contributed by atoms with Crippen LogP contribution in [0.4, 0.5) is 0 Å². The molecule has 1 aliphatic rings. The Labute approximate surface area is 133 Å². The topological polar surface area (TPSA) is 55.1 Å². The van der Waals surface area contributed by atoms with Crippen molar-refractivity contribution in [2.24, 2.45) is 11.7 Å². The maximum atomic E-state index is 12.3. The van der Waals surface area contributed by atoms with Crippen molar-refractivity contribution < 1.29 is 4.79 Å². The minimum atomic E-state index is -0.0884. The molecule has 0 heterocycles. The third kappa shape index (κ3) is 3.96. The molecule has 1 aliphatic carbocycles. The molecule has 0 radical (unpaired) electrons. The molecular weight excluding hydrogens is 340 g/mol. The van der Waals surface area contributed by atoms with Crippen LogP contribution in [0.25, 0.3) is 0 Å². The van der Waals surface area contributed by atoms with Crippen LogP contribution in [-0.2, 0) is 0 Å². The van der Waals surface area contributed by atoms with Crippen LogP contribution in [0.15, 0.2) is 22.7 Å². The number of rotatable bonds is 4. The monoisotopic (exact) mass is 358 g/mol. The number of nitrogens with one attached hydrogen (secondary N) is 1. The van der Waals surface area contributed by atoms with Crippen LogP contribution in [0.3, 0.4) is 0 Å². The van der Waals surface area contributed by atoms with Gasteiger partial charge in [0, 0.05) is 22.1 Å². The summed E-state index contributed by atoms with van der Waals surface area (Å²) in [6, 6.07) is 5.25. The molecule has 0 aliphatic heterocycles. The Morgan fingerprint density at radius 2 is 2.10 bits per heavy atom. The van der Waals surface area contributed by atoms with Gasteiger partial charge in [0.05, 0.1) is 5.56 Å². The van der Waals surface area contributed by atoms with Crippen LogP contribution in [-0.4, -0.2) is 18.5 Å². The van der Waals surface area contributed by atoms with Gasteiger partial charge in [-0.3, -0.25) is 4.79 Å². The number of hydrogen-bond acceptors (Lipinski definition) is 2. The molecule has 1 aromatic carbocycles. The van der Waals surface area contributed by atoms with E-state index < -0.39 is 0 Å². The first-order valence-corrected chi connectivity index (χ1v) is 8.25. The Balaban J connectivity index is 2.04. The van der Waals surface area contributed by atoms with Crippen molar-refractivity contribution >= 4 is 33.4 Å². The molecule has 1 saturated carbocycles. The minimum Gasteiger partial charge on any atom is -0.348 e. The Morgan fingerprint density at radius 1 is 1.40 bits per heavy atom. The average molecular weight is 360 g/mol. The summed E-state index contributed by atoms with van der Waals surface area (Å²) in [4.78, 5) is 12.3. The molecule has 20 heavy (non-hydrogen) atoms. The second-order valence-corrected chi connectivity index (χ2v) is 6.63. The lowest BCUT2D eigenvalue weighted by atomic mass is 9.84. The molecule has 0 spiro atoms. The summed E-state index contributed by atoms with van der Waals surface area (Å²) in [6.45, 7) is 0.488. The lowest BCUT2D eigenvalue weighted by Crippen LogP contribution is -2.46. The molecule has 2 rings (SSSR count). The largest absolute Gasteiger partial charge is 0.348 e. The van der Waals surface area contributed by atoms with Crippen LogP contribution in [0, 0.1) is 5.92 Å².